The van der Waals surface area contributed by atoms with Gasteiger partial charge in [-0.25, -0.2) is 0 Å². The van der Waals surface area contributed by atoms with E-state index < -0.39 is 17.4 Å². The Morgan fingerprint density at radius 2 is 1.96 bits per heavy atom. The van der Waals surface area contributed by atoms with E-state index in [2.05, 4.69) is 24.3 Å². The third kappa shape index (κ3) is 4.71. The van der Waals surface area contributed by atoms with Gasteiger partial charge < -0.3 is 15.2 Å². The fraction of sp³-hybridized carbons (Fsp3) is 0.476. The molecule has 0 fully saturated rings. The Bertz CT molecular complexity index is 842. The van der Waals surface area contributed by atoms with Gasteiger partial charge in [0.15, 0.2) is 0 Å². The highest BCUT2D eigenvalue weighted by molar-refractivity contribution is 5.93. The Hall–Kier alpha value is -2.83. The third-order valence-corrected chi connectivity index (χ3v) is 5.04. The molecule has 0 aliphatic heterocycles. The molecule has 28 heavy (non-hydrogen) atoms. The van der Waals surface area contributed by atoms with Gasteiger partial charge in [0.1, 0.15) is 11.4 Å². The average Bonchev–Trinajstić information content (AvgIpc) is 3.04. The highest BCUT2D eigenvalue weighted by atomic mass is 16.5. The van der Waals surface area contributed by atoms with Crippen molar-refractivity contribution < 1.29 is 19.4 Å². The van der Waals surface area contributed by atoms with Gasteiger partial charge >= 0.3 is 5.97 Å². The van der Waals surface area contributed by atoms with E-state index >= 15 is 0 Å². The normalized spacial score (nSPS) is 13.2. The van der Waals surface area contributed by atoms with E-state index in [1.807, 2.05) is 11.6 Å². The van der Waals surface area contributed by atoms with Gasteiger partial charge in [-0.2, -0.15) is 5.10 Å². The summed E-state index contributed by atoms with van der Waals surface area (Å²) in [5.74, 6) is -0.819. The zero-order valence-corrected chi connectivity index (χ0v) is 17.2. The number of benzene rings is 1. The average molecular weight is 387 g/mol. The highest BCUT2D eigenvalue weighted by Gasteiger charge is 2.33. The first kappa shape index (κ1) is 21.5. The number of rotatable bonds is 9. The first-order valence-electron chi connectivity index (χ1n) is 9.49. The predicted molar refractivity (Wildman–Crippen MR) is 107 cm³/mol. The van der Waals surface area contributed by atoms with Crippen LogP contribution >= 0.6 is 0 Å². The van der Waals surface area contributed by atoms with Crippen LogP contribution in [0.3, 0.4) is 0 Å². The maximum Gasteiger partial charge on any atom is 0.306 e. The van der Waals surface area contributed by atoms with Gasteiger partial charge in [-0.3, -0.25) is 14.3 Å². The lowest BCUT2D eigenvalue weighted by Crippen LogP contribution is -2.45. The lowest BCUT2D eigenvalue weighted by molar-refractivity contribution is -0.138. The molecule has 1 heterocycles. The summed E-state index contributed by atoms with van der Waals surface area (Å²) in [5, 5.41) is 16.8. The molecule has 0 aliphatic carbocycles. The van der Waals surface area contributed by atoms with Crippen molar-refractivity contribution in [3.8, 4) is 5.75 Å². The van der Waals surface area contributed by atoms with Gasteiger partial charge in [0.05, 0.1) is 25.1 Å². The topological polar surface area (TPSA) is 93.5 Å². The van der Waals surface area contributed by atoms with Crippen molar-refractivity contribution in [2.24, 2.45) is 0 Å². The van der Waals surface area contributed by atoms with Gasteiger partial charge in [0.25, 0.3) is 5.91 Å². The second-order valence-electron chi connectivity index (χ2n) is 7.17. The Morgan fingerprint density at radius 3 is 2.54 bits per heavy atom. The molecule has 0 radical (unpaired) electrons. The van der Waals surface area contributed by atoms with Gasteiger partial charge in [-0.1, -0.05) is 26.0 Å². The second-order valence-corrected chi connectivity index (χ2v) is 7.17. The molecule has 0 saturated carbocycles. The van der Waals surface area contributed by atoms with Crippen LogP contribution in [0.4, 0.5) is 0 Å². The fourth-order valence-corrected chi connectivity index (χ4v) is 3.40. The number of ether oxygens (including phenoxy) is 1. The molecule has 2 aromatic rings. The lowest BCUT2D eigenvalue weighted by Gasteiger charge is -2.30. The maximum absolute atomic E-state index is 12.9. The standard InChI is InChI=1S/C21H29N3O4/c1-6-16(7-2)24-14(3)11-18(23-24)20(27)22-21(4,13-19(25)26)15-9-8-10-17(12-15)28-5/h8-12,16H,6-7,13H2,1-5H3,(H,22,27)(H,25,26). The van der Waals surface area contributed by atoms with Crippen molar-refractivity contribution in [3.05, 3.63) is 47.3 Å². The number of carbonyl (C=O) groups is 2. The van der Waals surface area contributed by atoms with Crippen LogP contribution in [-0.2, 0) is 10.3 Å². The number of carboxylic acids is 1. The molecule has 0 aliphatic rings. The summed E-state index contributed by atoms with van der Waals surface area (Å²) in [5.41, 5.74) is 0.729. The summed E-state index contributed by atoms with van der Waals surface area (Å²) in [6.45, 7) is 7.78. The summed E-state index contributed by atoms with van der Waals surface area (Å²) in [7, 11) is 1.54. The molecule has 1 aromatic heterocycles. The Labute approximate surface area is 165 Å². The summed E-state index contributed by atoms with van der Waals surface area (Å²) >= 11 is 0. The van der Waals surface area contributed by atoms with Crippen molar-refractivity contribution in [2.45, 2.75) is 58.5 Å². The van der Waals surface area contributed by atoms with E-state index in [0.717, 1.165) is 18.5 Å². The fourth-order valence-electron chi connectivity index (χ4n) is 3.40. The second kappa shape index (κ2) is 8.91. The Kier molecular flexibility index (Phi) is 6.83. The Balaban J connectivity index is 2.35. The van der Waals surface area contributed by atoms with Crippen LogP contribution in [-0.4, -0.2) is 33.9 Å². The van der Waals surface area contributed by atoms with Crippen molar-refractivity contribution >= 4 is 11.9 Å². The minimum atomic E-state index is -1.11. The van der Waals surface area contributed by atoms with E-state index in [9.17, 15) is 14.7 Å². The largest absolute Gasteiger partial charge is 0.497 e. The number of nitrogens with zero attached hydrogens (tertiary/aromatic N) is 2. The molecular formula is C21H29N3O4. The van der Waals surface area contributed by atoms with Crippen molar-refractivity contribution in [1.29, 1.82) is 0 Å². The molecule has 0 saturated heterocycles. The Morgan fingerprint density at radius 1 is 1.29 bits per heavy atom. The molecule has 7 nitrogen and oxygen atoms in total. The number of aliphatic carboxylic acids is 1. The summed E-state index contributed by atoms with van der Waals surface area (Å²) in [4.78, 5) is 24.4. The summed E-state index contributed by atoms with van der Waals surface area (Å²) in [6, 6.07) is 9.02. The van der Waals surface area contributed by atoms with E-state index in [0.29, 0.717) is 11.3 Å². The number of aryl methyl sites for hydroxylation is 1. The molecule has 2 N–H and O–H groups in total. The summed E-state index contributed by atoms with van der Waals surface area (Å²) < 4.78 is 7.11. The molecule has 7 heteroatoms. The van der Waals surface area contributed by atoms with E-state index in [4.69, 9.17) is 4.74 Å². The number of carbonyl (C=O) groups excluding carboxylic acids is 1. The molecule has 0 bridgehead atoms. The quantitative estimate of drug-likeness (QED) is 0.684. The maximum atomic E-state index is 12.9. The minimum Gasteiger partial charge on any atom is -0.497 e. The van der Waals surface area contributed by atoms with Crippen LogP contribution in [0.5, 0.6) is 5.75 Å². The van der Waals surface area contributed by atoms with Crippen molar-refractivity contribution in [1.82, 2.24) is 15.1 Å². The number of amides is 1. The zero-order chi connectivity index (χ0) is 20.9. The number of aromatic nitrogens is 2. The van der Waals surface area contributed by atoms with Gasteiger partial charge in [-0.05, 0) is 50.5 Å². The first-order chi connectivity index (χ1) is 13.2. The van der Waals surface area contributed by atoms with E-state index in [1.165, 1.54) is 0 Å². The van der Waals surface area contributed by atoms with E-state index in [1.54, 1.807) is 44.4 Å². The SMILES string of the molecule is CCC(CC)n1nc(C(=O)NC(C)(CC(=O)O)c2cccc(OC)c2)cc1C. The molecule has 1 amide bonds. The predicted octanol–water partition coefficient (Wildman–Crippen LogP) is 3.68. The molecule has 152 valence electrons. The zero-order valence-electron chi connectivity index (χ0n) is 17.2. The number of carboxylic acid groups (broad SMARTS) is 1. The monoisotopic (exact) mass is 387 g/mol. The first-order valence-corrected chi connectivity index (χ1v) is 9.49. The van der Waals surface area contributed by atoms with Crippen molar-refractivity contribution in [2.75, 3.05) is 7.11 Å². The van der Waals surface area contributed by atoms with E-state index in [-0.39, 0.29) is 18.2 Å². The van der Waals surface area contributed by atoms with Crippen LogP contribution in [0.1, 0.15) is 67.8 Å². The minimum absolute atomic E-state index is 0.227. The van der Waals surface area contributed by atoms with Crippen LogP contribution in [0.2, 0.25) is 0 Å². The van der Waals surface area contributed by atoms with Gasteiger partial charge in [-0.15, -0.1) is 0 Å². The number of hydrogen-bond donors (Lipinski definition) is 2. The lowest BCUT2D eigenvalue weighted by atomic mass is 9.88. The van der Waals surface area contributed by atoms with Gasteiger partial charge in [0.2, 0.25) is 0 Å². The number of hydrogen-bond acceptors (Lipinski definition) is 4. The molecule has 1 unspecified atom stereocenters. The van der Waals surface area contributed by atoms with Crippen LogP contribution in [0.15, 0.2) is 30.3 Å². The smallest absolute Gasteiger partial charge is 0.306 e. The third-order valence-electron chi connectivity index (χ3n) is 5.04. The molecule has 1 atom stereocenters. The highest BCUT2D eigenvalue weighted by Crippen LogP contribution is 2.28. The molecule has 1 aromatic carbocycles. The van der Waals surface area contributed by atoms with Crippen LogP contribution in [0, 0.1) is 6.92 Å². The summed E-state index contributed by atoms with van der Waals surface area (Å²) in [6.07, 6.45) is 1.57. The van der Waals surface area contributed by atoms with Crippen LogP contribution in [0.25, 0.3) is 0 Å². The van der Waals surface area contributed by atoms with Crippen LogP contribution < -0.4 is 10.1 Å². The van der Waals surface area contributed by atoms with Gasteiger partial charge in [0, 0.05) is 5.69 Å². The number of nitrogens with one attached hydrogen (secondary N) is 1. The van der Waals surface area contributed by atoms with Crippen molar-refractivity contribution in [3.63, 3.8) is 0 Å². The number of methoxy groups -OCH3 is 1. The molecule has 2 rings (SSSR count). The molecular weight excluding hydrogens is 358 g/mol. The molecule has 0 spiro atoms.